The normalized spacial score (nSPS) is 18.7. The molecule has 2 fully saturated rings. The Morgan fingerprint density at radius 2 is 1.72 bits per heavy atom. The number of piperazine rings is 1. The predicted molar refractivity (Wildman–Crippen MR) is 118 cm³/mol. The molecule has 2 aromatic heterocycles. The zero-order valence-electron chi connectivity index (χ0n) is 16.9. The molecule has 2 aromatic rings. The molecule has 0 bridgehead atoms. The Morgan fingerprint density at radius 3 is 2.38 bits per heavy atom. The van der Waals surface area contributed by atoms with Gasteiger partial charge in [-0.25, -0.2) is 4.98 Å². The van der Waals surface area contributed by atoms with Crippen molar-refractivity contribution in [1.82, 2.24) is 19.7 Å². The highest BCUT2D eigenvalue weighted by atomic mass is 32.1. The third-order valence-electron chi connectivity index (χ3n) is 5.74. The quantitative estimate of drug-likeness (QED) is 0.744. The number of hydrogen-bond acceptors (Lipinski definition) is 6. The van der Waals surface area contributed by atoms with Crippen LogP contribution in [0.2, 0.25) is 0 Å². The lowest BCUT2D eigenvalue weighted by atomic mass is 10.2. The van der Waals surface area contributed by atoms with Crippen LogP contribution >= 0.6 is 22.7 Å². The Balaban J connectivity index is 1.31. The van der Waals surface area contributed by atoms with Gasteiger partial charge in [-0.3, -0.25) is 14.5 Å². The number of nitrogens with zero attached hydrogens (tertiary/aromatic N) is 4. The first-order chi connectivity index (χ1) is 14.1. The van der Waals surface area contributed by atoms with E-state index in [4.69, 9.17) is 0 Å². The standard InChI is InChI=1S/C21H28N4O2S2/c1-16-19(29-20(22-16)17-6-13-28-15-17)21(27)25-11-9-23(10-12-25)14-18(26)24-7-4-2-3-5-8-24/h6,13,15H,2-5,7-12,14H2,1H3. The molecule has 6 nitrogen and oxygen atoms in total. The van der Waals surface area contributed by atoms with Crippen molar-refractivity contribution in [2.75, 3.05) is 45.8 Å². The first-order valence-electron chi connectivity index (χ1n) is 10.4. The maximum absolute atomic E-state index is 13.0. The molecule has 2 amide bonds. The van der Waals surface area contributed by atoms with Crippen LogP contribution < -0.4 is 0 Å². The van der Waals surface area contributed by atoms with Crippen molar-refractivity contribution in [2.24, 2.45) is 0 Å². The molecule has 4 heterocycles. The van der Waals surface area contributed by atoms with Gasteiger partial charge in [-0.1, -0.05) is 12.8 Å². The van der Waals surface area contributed by atoms with Crippen molar-refractivity contribution in [1.29, 1.82) is 0 Å². The van der Waals surface area contributed by atoms with Crippen LogP contribution in [0.1, 0.15) is 41.0 Å². The number of carbonyl (C=O) groups is 2. The van der Waals surface area contributed by atoms with E-state index in [0.29, 0.717) is 19.6 Å². The van der Waals surface area contributed by atoms with Crippen molar-refractivity contribution in [2.45, 2.75) is 32.6 Å². The first kappa shape index (κ1) is 20.5. The average Bonchev–Trinajstić information content (AvgIpc) is 3.30. The van der Waals surface area contributed by atoms with Gasteiger partial charge in [0, 0.05) is 50.2 Å². The van der Waals surface area contributed by atoms with E-state index in [1.54, 1.807) is 11.3 Å². The Kier molecular flexibility index (Phi) is 6.62. The fourth-order valence-corrected chi connectivity index (χ4v) is 5.71. The largest absolute Gasteiger partial charge is 0.342 e. The summed E-state index contributed by atoms with van der Waals surface area (Å²) in [7, 11) is 0. The number of aryl methyl sites for hydroxylation is 1. The molecule has 0 aliphatic carbocycles. The predicted octanol–water partition coefficient (Wildman–Crippen LogP) is 3.34. The summed E-state index contributed by atoms with van der Waals surface area (Å²) < 4.78 is 0. The summed E-state index contributed by atoms with van der Waals surface area (Å²) >= 11 is 3.12. The van der Waals surface area contributed by atoms with Crippen molar-refractivity contribution >= 4 is 34.5 Å². The second kappa shape index (κ2) is 9.36. The second-order valence-corrected chi connectivity index (χ2v) is 9.59. The monoisotopic (exact) mass is 432 g/mol. The minimum Gasteiger partial charge on any atom is -0.342 e. The third kappa shape index (κ3) is 4.87. The molecule has 0 spiro atoms. The molecule has 0 saturated carbocycles. The third-order valence-corrected chi connectivity index (χ3v) is 7.61. The lowest BCUT2D eigenvalue weighted by Gasteiger charge is -2.35. The molecule has 0 radical (unpaired) electrons. The van der Waals surface area contributed by atoms with Gasteiger partial charge >= 0.3 is 0 Å². The molecular weight excluding hydrogens is 404 g/mol. The zero-order valence-corrected chi connectivity index (χ0v) is 18.6. The summed E-state index contributed by atoms with van der Waals surface area (Å²) in [4.78, 5) is 37.1. The van der Waals surface area contributed by atoms with E-state index in [2.05, 4.69) is 15.3 Å². The molecule has 2 saturated heterocycles. The van der Waals surface area contributed by atoms with E-state index in [9.17, 15) is 9.59 Å². The molecule has 2 aliphatic heterocycles. The summed E-state index contributed by atoms with van der Waals surface area (Å²) in [6, 6.07) is 2.04. The summed E-state index contributed by atoms with van der Waals surface area (Å²) in [5.41, 5.74) is 1.89. The van der Waals surface area contributed by atoms with E-state index in [1.807, 2.05) is 28.2 Å². The Bertz CT molecular complexity index is 833. The highest BCUT2D eigenvalue weighted by Crippen LogP contribution is 2.30. The van der Waals surface area contributed by atoms with Gasteiger partial charge in [-0.2, -0.15) is 11.3 Å². The molecule has 29 heavy (non-hydrogen) atoms. The van der Waals surface area contributed by atoms with Crippen LogP contribution in [0.3, 0.4) is 0 Å². The number of likely N-dealkylation sites (tertiary alicyclic amines) is 1. The van der Waals surface area contributed by atoms with Gasteiger partial charge in [0.1, 0.15) is 9.88 Å². The fourth-order valence-electron chi connectivity index (χ4n) is 3.97. The Morgan fingerprint density at radius 1 is 1.00 bits per heavy atom. The van der Waals surface area contributed by atoms with Gasteiger partial charge in [-0.15, -0.1) is 11.3 Å². The summed E-state index contributed by atoms with van der Waals surface area (Å²) in [6.07, 6.45) is 4.70. The van der Waals surface area contributed by atoms with Gasteiger partial charge in [-0.05, 0) is 31.2 Å². The molecule has 156 valence electrons. The number of rotatable bonds is 4. The smallest absolute Gasteiger partial charge is 0.265 e. The van der Waals surface area contributed by atoms with E-state index >= 15 is 0 Å². The SMILES string of the molecule is Cc1nc(-c2ccsc2)sc1C(=O)N1CCN(CC(=O)N2CCCCCC2)CC1. The van der Waals surface area contributed by atoms with Crippen LogP contribution in [0.25, 0.3) is 10.6 Å². The van der Waals surface area contributed by atoms with Crippen molar-refractivity contribution in [3.05, 3.63) is 27.4 Å². The molecular formula is C21H28N4O2S2. The number of amides is 2. The van der Waals surface area contributed by atoms with Gasteiger partial charge in [0.25, 0.3) is 5.91 Å². The van der Waals surface area contributed by atoms with Gasteiger partial charge in [0.2, 0.25) is 5.91 Å². The van der Waals surface area contributed by atoms with Crippen LogP contribution in [0, 0.1) is 6.92 Å². The second-order valence-electron chi connectivity index (χ2n) is 7.81. The molecule has 8 heteroatoms. The number of thiophene rings is 1. The number of thiazole rings is 1. The van der Waals surface area contributed by atoms with Gasteiger partial charge in [0.15, 0.2) is 0 Å². The van der Waals surface area contributed by atoms with Crippen LogP contribution in [-0.2, 0) is 4.79 Å². The van der Waals surface area contributed by atoms with E-state index in [1.165, 1.54) is 24.2 Å². The van der Waals surface area contributed by atoms with Gasteiger partial charge in [0.05, 0.1) is 12.2 Å². The summed E-state index contributed by atoms with van der Waals surface area (Å²) in [5, 5.41) is 5.00. The summed E-state index contributed by atoms with van der Waals surface area (Å²) in [6.45, 7) is 7.01. The van der Waals surface area contributed by atoms with E-state index in [-0.39, 0.29) is 11.8 Å². The van der Waals surface area contributed by atoms with Crippen molar-refractivity contribution in [3.8, 4) is 10.6 Å². The van der Waals surface area contributed by atoms with E-state index in [0.717, 1.165) is 60.2 Å². The van der Waals surface area contributed by atoms with Crippen molar-refractivity contribution < 1.29 is 9.59 Å². The molecule has 0 atom stereocenters. The maximum atomic E-state index is 13.0. The van der Waals surface area contributed by atoms with E-state index < -0.39 is 0 Å². The van der Waals surface area contributed by atoms with Crippen molar-refractivity contribution in [3.63, 3.8) is 0 Å². The Labute approximate surface area is 180 Å². The molecule has 2 aliphatic rings. The molecule has 0 aromatic carbocycles. The van der Waals surface area contributed by atoms with Gasteiger partial charge < -0.3 is 9.80 Å². The first-order valence-corrected chi connectivity index (χ1v) is 12.2. The highest BCUT2D eigenvalue weighted by molar-refractivity contribution is 7.17. The minimum absolute atomic E-state index is 0.0694. The van der Waals surface area contributed by atoms with Crippen LogP contribution in [0.4, 0.5) is 0 Å². The minimum atomic E-state index is 0.0694. The van der Waals surface area contributed by atoms with Crippen LogP contribution in [0.15, 0.2) is 16.8 Å². The summed E-state index contributed by atoms with van der Waals surface area (Å²) in [5.74, 6) is 0.311. The molecule has 0 unspecified atom stereocenters. The van der Waals surface area contributed by atoms with Crippen LogP contribution in [-0.4, -0.2) is 77.3 Å². The maximum Gasteiger partial charge on any atom is 0.265 e. The highest BCUT2D eigenvalue weighted by Gasteiger charge is 2.27. The number of aromatic nitrogens is 1. The number of carbonyl (C=O) groups excluding carboxylic acids is 2. The molecule has 4 rings (SSSR count). The average molecular weight is 433 g/mol. The lowest BCUT2D eigenvalue weighted by molar-refractivity contribution is -0.132. The Hall–Kier alpha value is -1.77. The number of hydrogen-bond donors (Lipinski definition) is 0. The zero-order chi connectivity index (χ0) is 20.2. The van der Waals surface area contributed by atoms with Crippen LogP contribution in [0.5, 0.6) is 0 Å². The molecule has 0 N–H and O–H groups in total. The topological polar surface area (TPSA) is 56.8 Å². The fraction of sp³-hybridized carbons (Fsp3) is 0.571. The lowest BCUT2D eigenvalue weighted by Crippen LogP contribution is -2.51.